The minimum Gasteiger partial charge on any atom is -0.443 e. The topological polar surface area (TPSA) is 38.7 Å². The molecule has 2 atom stereocenters. The smallest absolute Gasteiger partial charge is 0.270 e. The normalized spacial score (nSPS) is 13.5. The van der Waals surface area contributed by atoms with Crippen LogP contribution in [0.15, 0.2) is 72.8 Å². The molecule has 0 bridgehead atoms. The predicted octanol–water partition coefficient (Wildman–Crippen LogP) is 7.48. The van der Waals surface area contributed by atoms with Crippen LogP contribution in [0.4, 0.5) is 0 Å². The molecule has 0 aliphatic rings. The van der Waals surface area contributed by atoms with Crippen LogP contribution in [0.2, 0.25) is 0 Å². The second-order valence-corrected chi connectivity index (χ2v) is 11.7. The van der Waals surface area contributed by atoms with E-state index in [0.717, 1.165) is 22.2 Å². The lowest BCUT2D eigenvalue weighted by molar-refractivity contribution is 0.464. The lowest BCUT2D eigenvalue weighted by Crippen LogP contribution is -2.23. The van der Waals surface area contributed by atoms with E-state index < -0.39 is 17.4 Å². The zero-order valence-electron chi connectivity index (χ0n) is 19.1. The predicted molar refractivity (Wildman–Crippen MR) is 135 cm³/mol. The van der Waals surface area contributed by atoms with E-state index in [-0.39, 0.29) is 10.8 Å². The van der Waals surface area contributed by atoms with Gasteiger partial charge >= 0.3 is 0 Å². The molecule has 0 heterocycles. The van der Waals surface area contributed by atoms with Gasteiger partial charge in [0, 0.05) is 5.56 Å². The maximum Gasteiger partial charge on any atom is 0.270 e. The van der Waals surface area contributed by atoms with Crippen molar-refractivity contribution in [2.75, 3.05) is 0 Å². The van der Waals surface area contributed by atoms with Crippen molar-refractivity contribution in [1.29, 1.82) is 0 Å². The van der Waals surface area contributed by atoms with Crippen molar-refractivity contribution in [1.82, 2.24) is 0 Å². The standard InChI is InChI=1S/C26H32O3P2/c1-25(2,3)21-16-12-17-22(24(21)26(4,5)6)28-31(29-30-27)23-18-11-10-15-20(23)19-13-8-7-9-14-19/h7-18,27,30H,1-6H3. The molecule has 31 heavy (non-hydrogen) atoms. The fourth-order valence-corrected chi connectivity index (χ4v) is 5.62. The van der Waals surface area contributed by atoms with Crippen LogP contribution < -0.4 is 9.83 Å². The summed E-state index contributed by atoms with van der Waals surface area (Å²) in [6, 6.07) is 24.5. The zero-order chi connectivity index (χ0) is 22.6. The molecule has 5 heteroatoms. The van der Waals surface area contributed by atoms with E-state index in [2.05, 4.69) is 65.8 Å². The van der Waals surface area contributed by atoms with Crippen molar-refractivity contribution in [2.45, 2.75) is 52.4 Å². The molecule has 2 unspecified atom stereocenters. The van der Waals surface area contributed by atoms with Gasteiger partial charge in [0.25, 0.3) is 8.38 Å². The fourth-order valence-electron chi connectivity index (χ4n) is 3.74. The van der Waals surface area contributed by atoms with Crippen molar-refractivity contribution in [3.05, 3.63) is 83.9 Å². The number of hydrogen-bond donors (Lipinski definition) is 1. The fraction of sp³-hybridized carbons (Fsp3) is 0.308. The Bertz CT molecular complexity index is 1010. The molecule has 0 aliphatic carbocycles. The van der Waals surface area contributed by atoms with E-state index in [4.69, 9.17) is 8.83 Å². The monoisotopic (exact) mass is 454 g/mol. The van der Waals surface area contributed by atoms with Gasteiger partial charge in [-0.25, -0.2) is 0 Å². The van der Waals surface area contributed by atoms with Crippen LogP contribution >= 0.6 is 17.4 Å². The largest absolute Gasteiger partial charge is 0.443 e. The Morgan fingerprint density at radius 2 is 1.39 bits per heavy atom. The van der Waals surface area contributed by atoms with Gasteiger partial charge in [-0.1, -0.05) is 102 Å². The van der Waals surface area contributed by atoms with Crippen molar-refractivity contribution in [3.8, 4) is 16.9 Å². The molecule has 0 fully saturated rings. The Morgan fingerprint density at radius 3 is 2.00 bits per heavy atom. The molecule has 0 saturated heterocycles. The summed E-state index contributed by atoms with van der Waals surface area (Å²) in [6.45, 7) is 13.3. The summed E-state index contributed by atoms with van der Waals surface area (Å²) >= 11 is 0. The highest BCUT2D eigenvalue weighted by Gasteiger charge is 2.30. The number of benzene rings is 3. The number of rotatable bonds is 6. The van der Waals surface area contributed by atoms with E-state index in [1.807, 2.05) is 48.5 Å². The van der Waals surface area contributed by atoms with Gasteiger partial charge in [0.05, 0.1) is 5.30 Å². The Kier molecular flexibility index (Phi) is 7.55. The van der Waals surface area contributed by atoms with Crippen molar-refractivity contribution >= 4 is 22.7 Å². The van der Waals surface area contributed by atoms with Crippen molar-refractivity contribution < 1.29 is 13.7 Å². The van der Waals surface area contributed by atoms with Gasteiger partial charge in [0.2, 0.25) is 0 Å². The first kappa shape index (κ1) is 23.9. The van der Waals surface area contributed by atoms with E-state index in [1.54, 1.807) is 0 Å². The first-order valence-electron chi connectivity index (χ1n) is 10.5. The Labute approximate surface area is 189 Å². The average Bonchev–Trinajstić information content (AvgIpc) is 2.72. The molecule has 0 aliphatic heterocycles. The third-order valence-electron chi connectivity index (χ3n) is 5.07. The molecule has 3 nitrogen and oxygen atoms in total. The molecule has 0 spiro atoms. The molecule has 3 aromatic rings. The number of hydrogen-bond acceptors (Lipinski definition) is 3. The lowest BCUT2D eigenvalue weighted by Gasteiger charge is -2.32. The molecule has 3 aromatic carbocycles. The van der Waals surface area contributed by atoms with E-state index in [1.165, 1.54) is 11.1 Å². The first-order valence-corrected chi connectivity index (χ1v) is 12.5. The minimum atomic E-state index is -1.53. The van der Waals surface area contributed by atoms with Crippen molar-refractivity contribution in [2.24, 2.45) is 0 Å². The lowest BCUT2D eigenvalue weighted by atomic mass is 9.75. The van der Waals surface area contributed by atoms with Gasteiger partial charge in [-0.2, -0.15) is 0 Å². The maximum atomic E-state index is 9.69. The average molecular weight is 454 g/mol. The maximum absolute atomic E-state index is 9.69. The van der Waals surface area contributed by atoms with Crippen LogP contribution in [0.5, 0.6) is 5.75 Å². The summed E-state index contributed by atoms with van der Waals surface area (Å²) in [6.07, 6.45) is 0. The molecular weight excluding hydrogens is 422 g/mol. The highest BCUT2D eigenvalue weighted by Crippen LogP contribution is 2.49. The van der Waals surface area contributed by atoms with E-state index >= 15 is 0 Å². The molecule has 0 radical (unpaired) electrons. The van der Waals surface area contributed by atoms with Gasteiger partial charge in [0.1, 0.15) is 5.75 Å². The van der Waals surface area contributed by atoms with Crippen LogP contribution in [-0.2, 0) is 15.1 Å². The summed E-state index contributed by atoms with van der Waals surface area (Å²) in [7, 11) is -2.18. The third kappa shape index (κ3) is 5.73. The quantitative estimate of drug-likeness (QED) is 0.392. The molecule has 0 saturated carbocycles. The first-order chi connectivity index (χ1) is 14.6. The Balaban J connectivity index is 2.11. The van der Waals surface area contributed by atoms with Gasteiger partial charge in [-0.3, -0.25) is 4.31 Å². The van der Waals surface area contributed by atoms with Gasteiger partial charge in [0.15, 0.2) is 9.03 Å². The molecule has 0 aromatic heterocycles. The van der Waals surface area contributed by atoms with Crippen LogP contribution in [0.25, 0.3) is 11.1 Å². The van der Waals surface area contributed by atoms with E-state index in [0.29, 0.717) is 0 Å². The second kappa shape index (κ2) is 9.80. The van der Waals surface area contributed by atoms with Crippen molar-refractivity contribution in [3.63, 3.8) is 0 Å². The zero-order valence-corrected chi connectivity index (χ0v) is 21.0. The van der Waals surface area contributed by atoms with Crippen LogP contribution in [0.1, 0.15) is 52.7 Å². The highest BCUT2D eigenvalue weighted by molar-refractivity contribution is 7.61. The summed E-state index contributed by atoms with van der Waals surface area (Å²) < 4.78 is 12.4. The third-order valence-corrected chi connectivity index (χ3v) is 7.21. The molecule has 164 valence electrons. The van der Waals surface area contributed by atoms with E-state index in [9.17, 15) is 4.89 Å². The SMILES string of the molecule is CC(C)(C)c1cccc(OP(OPO)c2ccccc2-c2ccccc2)c1C(C)(C)C. The molecule has 0 amide bonds. The summed E-state index contributed by atoms with van der Waals surface area (Å²) in [5, 5.41) is 0.950. The van der Waals surface area contributed by atoms with Gasteiger partial charge in [-0.15, -0.1) is 0 Å². The Hall–Kier alpha value is -1.76. The minimum absolute atomic E-state index is 0.0216. The van der Waals surface area contributed by atoms with Gasteiger partial charge in [-0.05, 0) is 39.7 Å². The molecular formula is C26H32O3P2. The second-order valence-electron chi connectivity index (χ2n) is 9.59. The summed E-state index contributed by atoms with van der Waals surface area (Å²) in [5.41, 5.74) is 4.45. The van der Waals surface area contributed by atoms with Crippen LogP contribution in [-0.4, -0.2) is 4.89 Å². The van der Waals surface area contributed by atoms with Crippen LogP contribution in [0, 0.1) is 0 Å². The Morgan fingerprint density at radius 1 is 0.742 bits per heavy atom. The molecule has 3 rings (SSSR count). The highest BCUT2D eigenvalue weighted by atomic mass is 31.2. The summed E-state index contributed by atoms with van der Waals surface area (Å²) in [5.74, 6) is 0.812. The van der Waals surface area contributed by atoms with Gasteiger partial charge < -0.3 is 9.42 Å². The molecule has 1 N–H and O–H groups in total. The van der Waals surface area contributed by atoms with Crippen LogP contribution in [0.3, 0.4) is 0 Å². The summed E-state index contributed by atoms with van der Waals surface area (Å²) in [4.78, 5) is 9.69.